The van der Waals surface area contributed by atoms with Crippen LogP contribution in [0.5, 0.6) is 0 Å². The first-order chi connectivity index (χ1) is 3.77. The van der Waals surface area contributed by atoms with Crippen LogP contribution in [-0.2, 0) is 0 Å². The Bertz CT molecular complexity index is 45.8. The molecule has 0 fully saturated rings. The van der Waals surface area contributed by atoms with Gasteiger partial charge in [-0.15, -0.1) is 0 Å². The molecule has 0 bridgehead atoms. The van der Waals surface area contributed by atoms with Crippen molar-refractivity contribution in [1.29, 1.82) is 0 Å². The number of unbranched alkanes of at least 4 members (excludes halogenated alkanes) is 1. The molecular formula is C6H15BrSi. The summed E-state index contributed by atoms with van der Waals surface area (Å²) < 4.78 is 0. The molecule has 0 saturated carbocycles. The standard InChI is InChI=1S/C6H15BrSi/c1-8(2)6-4-3-5-7/h8H,3-6H2,1-2H3. The minimum Gasteiger partial charge on any atom is -0.0928 e. The van der Waals surface area contributed by atoms with Crippen molar-refractivity contribution in [3.8, 4) is 0 Å². The summed E-state index contributed by atoms with van der Waals surface area (Å²) >= 11 is 3.41. The van der Waals surface area contributed by atoms with Crippen molar-refractivity contribution >= 4 is 24.7 Å². The summed E-state index contributed by atoms with van der Waals surface area (Å²) in [5, 5.41) is 1.19. The molecular weight excluding hydrogens is 180 g/mol. The Hall–Kier alpha value is 0.697. The van der Waals surface area contributed by atoms with Crippen LogP contribution < -0.4 is 0 Å². The lowest BCUT2D eigenvalue weighted by atomic mass is 10.4. The van der Waals surface area contributed by atoms with Crippen molar-refractivity contribution in [2.75, 3.05) is 5.33 Å². The molecule has 0 heterocycles. The minimum absolute atomic E-state index is 0.223. The Morgan fingerprint density at radius 1 is 1.25 bits per heavy atom. The van der Waals surface area contributed by atoms with Gasteiger partial charge in [0.2, 0.25) is 0 Å². The summed E-state index contributed by atoms with van der Waals surface area (Å²) in [5.41, 5.74) is 0. The quantitative estimate of drug-likeness (QED) is 0.367. The molecule has 0 radical (unpaired) electrons. The average molecular weight is 195 g/mol. The molecule has 0 rings (SSSR count). The van der Waals surface area contributed by atoms with Crippen LogP contribution in [0, 0.1) is 0 Å². The van der Waals surface area contributed by atoms with E-state index in [0.29, 0.717) is 0 Å². The second kappa shape index (κ2) is 5.83. The summed E-state index contributed by atoms with van der Waals surface area (Å²) in [7, 11) is -0.223. The number of rotatable bonds is 4. The Balaban J connectivity index is 2.72. The molecule has 8 heavy (non-hydrogen) atoms. The smallest absolute Gasteiger partial charge is 0.0305 e. The number of halogens is 1. The van der Waals surface area contributed by atoms with Crippen LogP contribution in [0.25, 0.3) is 0 Å². The second-order valence-corrected chi connectivity index (χ2v) is 6.74. The molecule has 50 valence electrons. The Morgan fingerprint density at radius 2 is 1.88 bits per heavy atom. The lowest BCUT2D eigenvalue weighted by Gasteiger charge is -1.98. The van der Waals surface area contributed by atoms with Gasteiger partial charge in [-0.25, -0.2) is 0 Å². The fraction of sp³-hybridized carbons (Fsp3) is 1.00. The average Bonchev–Trinajstić information content (AvgIpc) is 1.66. The van der Waals surface area contributed by atoms with E-state index in [1.54, 1.807) is 0 Å². The number of hydrogen-bond acceptors (Lipinski definition) is 0. The van der Waals surface area contributed by atoms with Crippen LogP contribution in [0.15, 0.2) is 0 Å². The van der Waals surface area contributed by atoms with E-state index in [4.69, 9.17) is 0 Å². The van der Waals surface area contributed by atoms with E-state index in [9.17, 15) is 0 Å². The van der Waals surface area contributed by atoms with E-state index in [2.05, 4.69) is 29.0 Å². The number of alkyl halides is 1. The van der Waals surface area contributed by atoms with E-state index in [1.807, 2.05) is 0 Å². The summed E-state index contributed by atoms with van der Waals surface area (Å²) in [4.78, 5) is 0. The highest BCUT2D eigenvalue weighted by Gasteiger charge is 1.92. The van der Waals surface area contributed by atoms with E-state index in [1.165, 1.54) is 24.2 Å². The van der Waals surface area contributed by atoms with Crippen LogP contribution in [0.1, 0.15) is 12.8 Å². The van der Waals surface area contributed by atoms with Gasteiger partial charge in [-0.2, -0.15) is 0 Å². The van der Waals surface area contributed by atoms with Gasteiger partial charge in [-0.3, -0.25) is 0 Å². The van der Waals surface area contributed by atoms with Gasteiger partial charge < -0.3 is 0 Å². The highest BCUT2D eigenvalue weighted by Crippen LogP contribution is 2.02. The molecule has 0 unspecified atom stereocenters. The second-order valence-electron chi connectivity index (χ2n) is 2.58. The molecule has 0 spiro atoms. The van der Waals surface area contributed by atoms with Gasteiger partial charge in [0.15, 0.2) is 0 Å². The molecule has 0 atom stereocenters. The fourth-order valence-corrected chi connectivity index (χ4v) is 2.15. The first-order valence-electron chi connectivity index (χ1n) is 3.33. The molecule has 0 aliphatic carbocycles. The molecule has 0 aliphatic rings. The molecule has 0 nitrogen and oxygen atoms in total. The van der Waals surface area contributed by atoms with Crippen LogP contribution in [0.4, 0.5) is 0 Å². The SMILES string of the molecule is C[SiH](C)CCCCBr. The third-order valence-electron chi connectivity index (χ3n) is 1.17. The first kappa shape index (κ1) is 8.70. The Morgan fingerprint density at radius 3 is 2.25 bits per heavy atom. The third-order valence-corrected chi connectivity index (χ3v) is 3.29. The monoisotopic (exact) mass is 194 g/mol. The Labute approximate surface area is 62.4 Å². The predicted molar refractivity (Wildman–Crippen MR) is 46.7 cm³/mol. The highest BCUT2D eigenvalue weighted by molar-refractivity contribution is 9.09. The molecule has 2 heteroatoms. The maximum Gasteiger partial charge on any atom is 0.0305 e. The highest BCUT2D eigenvalue weighted by atomic mass is 79.9. The molecule has 0 aromatic heterocycles. The molecule has 0 saturated heterocycles. The van der Waals surface area contributed by atoms with Gasteiger partial charge in [0.05, 0.1) is 0 Å². The van der Waals surface area contributed by atoms with Gasteiger partial charge in [-0.1, -0.05) is 41.5 Å². The van der Waals surface area contributed by atoms with Crippen LogP contribution in [0.2, 0.25) is 19.1 Å². The van der Waals surface area contributed by atoms with Crippen molar-refractivity contribution in [3.63, 3.8) is 0 Å². The Kier molecular flexibility index (Phi) is 6.33. The predicted octanol–water partition coefficient (Wildman–Crippen LogP) is 2.65. The minimum atomic E-state index is -0.223. The van der Waals surface area contributed by atoms with Crippen molar-refractivity contribution < 1.29 is 0 Å². The van der Waals surface area contributed by atoms with Gasteiger partial charge >= 0.3 is 0 Å². The number of hydrogen-bond donors (Lipinski definition) is 0. The van der Waals surface area contributed by atoms with E-state index in [-0.39, 0.29) is 8.80 Å². The zero-order valence-corrected chi connectivity index (χ0v) is 8.52. The van der Waals surface area contributed by atoms with E-state index in [0.717, 1.165) is 0 Å². The summed E-state index contributed by atoms with van der Waals surface area (Å²) in [6.45, 7) is 4.82. The van der Waals surface area contributed by atoms with Crippen LogP contribution in [0.3, 0.4) is 0 Å². The lowest BCUT2D eigenvalue weighted by Crippen LogP contribution is -1.97. The van der Waals surface area contributed by atoms with E-state index >= 15 is 0 Å². The topological polar surface area (TPSA) is 0 Å². The van der Waals surface area contributed by atoms with E-state index < -0.39 is 0 Å². The van der Waals surface area contributed by atoms with Crippen molar-refractivity contribution in [3.05, 3.63) is 0 Å². The first-order valence-corrected chi connectivity index (χ1v) is 7.58. The molecule has 0 N–H and O–H groups in total. The third kappa shape index (κ3) is 6.70. The fourth-order valence-electron chi connectivity index (χ4n) is 0.647. The molecule has 0 amide bonds. The molecule has 0 aromatic carbocycles. The van der Waals surface area contributed by atoms with Gasteiger partial charge in [-0.05, 0) is 6.42 Å². The maximum absolute atomic E-state index is 3.41. The zero-order valence-electron chi connectivity index (χ0n) is 5.78. The summed E-state index contributed by atoms with van der Waals surface area (Å²) in [6, 6.07) is 1.52. The lowest BCUT2D eigenvalue weighted by molar-refractivity contribution is 0.890. The maximum atomic E-state index is 3.41. The summed E-state index contributed by atoms with van der Waals surface area (Å²) in [6.07, 6.45) is 2.81. The normalized spacial score (nSPS) is 10.5. The van der Waals surface area contributed by atoms with Crippen LogP contribution in [-0.4, -0.2) is 14.1 Å². The van der Waals surface area contributed by atoms with Gasteiger partial charge in [0.1, 0.15) is 0 Å². The van der Waals surface area contributed by atoms with Crippen molar-refractivity contribution in [2.24, 2.45) is 0 Å². The summed E-state index contributed by atoms with van der Waals surface area (Å²) in [5.74, 6) is 0. The molecule has 0 aliphatic heterocycles. The zero-order chi connectivity index (χ0) is 6.41. The van der Waals surface area contributed by atoms with Gasteiger partial charge in [0.25, 0.3) is 0 Å². The van der Waals surface area contributed by atoms with Gasteiger partial charge in [0, 0.05) is 14.1 Å². The largest absolute Gasteiger partial charge is 0.0928 e. The molecule has 0 aromatic rings. The van der Waals surface area contributed by atoms with Crippen molar-refractivity contribution in [1.82, 2.24) is 0 Å². The van der Waals surface area contributed by atoms with Crippen molar-refractivity contribution in [2.45, 2.75) is 32.0 Å². The van der Waals surface area contributed by atoms with Crippen LogP contribution >= 0.6 is 15.9 Å².